The predicted octanol–water partition coefficient (Wildman–Crippen LogP) is 4.51. The van der Waals surface area contributed by atoms with E-state index in [1.807, 2.05) is 34.9 Å². The molecular weight excluding hydrogens is 518 g/mol. The summed E-state index contributed by atoms with van der Waals surface area (Å²) in [6.07, 6.45) is 2.01. The van der Waals surface area contributed by atoms with Crippen LogP contribution in [0.1, 0.15) is 60.6 Å². The Bertz CT molecular complexity index is 1510. The van der Waals surface area contributed by atoms with E-state index in [-0.39, 0.29) is 17.5 Å². The Morgan fingerprint density at radius 3 is 2.46 bits per heavy atom. The summed E-state index contributed by atoms with van der Waals surface area (Å²) >= 11 is 0. The molecule has 1 unspecified atom stereocenters. The van der Waals surface area contributed by atoms with E-state index in [2.05, 4.69) is 45.1 Å². The summed E-state index contributed by atoms with van der Waals surface area (Å²) in [6.45, 7) is 4.51. The highest BCUT2D eigenvalue weighted by molar-refractivity contribution is 5.85. The molecule has 2 atom stereocenters. The quantitative estimate of drug-likeness (QED) is 0.183. The Balaban J connectivity index is 1.50. The van der Waals surface area contributed by atoms with Gasteiger partial charge in [0.05, 0.1) is 23.0 Å². The molecule has 1 aliphatic rings. The molecule has 0 radical (unpaired) electrons. The number of nitro benzene ring substituents is 1. The molecule has 2 heterocycles. The van der Waals surface area contributed by atoms with Crippen molar-refractivity contribution in [1.82, 2.24) is 20.1 Å². The van der Waals surface area contributed by atoms with Gasteiger partial charge in [-0.25, -0.2) is 0 Å². The summed E-state index contributed by atoms with van der Waals surface area (Å²) in [5.41, 5.74) is 9.48. The van der Waals surface area contributed by atoms with E-state index in [0.717, 1.165) is 30.0 Å². The van der Waals surface area contributed by atoms with E-state index in [9.17, 15) is 14.9 Å². The first-order valence-corrected chi connectivity index (χ1v) is 13.8. The molecule has 1 aliphatic heterocycles. The monoisotopic (exact) mass is 553 g/mol. The predicted molar refractivity (Wildman–Crippen MR) is 158 cm³/mol. The van der Waals surface area contributed by atoms with Crippen molar-refractivity contribution in [3.05, 3.63) is 117 Å². The molecule has 10 heteroatoms. The van der Waals surface area contributed by atoms with Gasteiger partial charge in [0.15, 0.2) is 5.82 Å². The second kappa shape index (κ2) is 11.9. The lowest BCUT2D eigenvalue weighted by Gasteiger charge is -2.26. The van der Waals surface area contributed by atoms with Crippen molar-refractivity contribution in [2.24, 2.45) is 5.73 Å². The van der Waals surface area contributed by atoms with Gasteiger partial charge in [0.1, 0.15) is 5.82 Å². The van der Waals surface area contributed by atoms with E-state index < -0.39 is 16.5 Å². The lowest BCUT2D eigenvalue weighted by molar-refractivity contribution is -0.384. The van der Waals surface area contributed by atoms with Gasteiger partial charge in [0.25, 0.3) is 5.69 Å². The number of nitrogens with two attached hydrogens (primary N) is 1. The SMILES string of the molecule is CC(C)(N)C(=O)N[C@H](CC1CNc2ccccc21)c1nnc(CCc2ccccc2)n1Cc1ccc([N+](=O)[O-])cc1. The second-order valence-corrected chi connectivity index (χ2v) is 11.1. The van der Waals surface area contributed by atoms with E-state index in [1.165, 1.54) is 23.3 Å². The summed E-state index contributed by atoms with van der Waals surface area (Å²) in [6, 6.07) is 24.4. The minimum Gasteiger partial charge on any atom is -0.384 e. The summed E-state index contributed by atoms with van der Waals surface area (Å²) in [7, 11) is 0. The summed E-state index contributed by atoms with van der Waals surface area (Å²) < 4.78 is 2.03. The fourth-order valence-corrected chi connectivity index (χ4v) is 5.20. The van der Waals surface area contributed by atoms with Gasteiger partial charge in [-0.15, -0.1) is 10.2 Å². The van der Waals surface area contributed by atoms with Crippen LogP contribution in [0.3, 0.4) is 0 Å². The van der Waals surface area contributed by atoms with Crippen LogP contribution in [0.2, 0.25) is 0 Å². The number of rotatable bonds is 11. The van der Waals surface area contributed by atoms with Crippen molar-refractivity contribution in [2.75, 3.05) is 11.9 Å². The van der Waals surface area contributed by atoms with Gasteiger partial charge in [0.2, 0.25) is 5.91 Å². The van der Waals surface area contributed by atoms with Crippen LogP contribution in [0.15, 0.2) is 78.9 Å². The molecule has 0 saturated heterocycles. The molecule has 4 aromatic rings. The first-order valence-electron chi connectivity index (χ1n) is 13.8. The van der Waals surface area contributed by atoms with E-state index in [0.29, 0.717) is 25.2 Å². The van der Waals surface area contributed by atoms with Crippen LogP contribution >= 0.6 is 0 Å². The van der Waals surface area contributed by atoms with Gasteiger partial charge < -0.3 is 20.9 Å². The average molecular weight is 554 g/mol. The van der Waals surface area contributed by atoms with Gasteiger partial charge in [-0.1, -0.05) is 60.7 Å². The molecule has 0 fully saturated rings. The van der Waals surface area contributed by atoms with E-state index >= 15 is 0 Å². The Morgan fingerprint density at radius 1 is 1.05 bits per heavy atom. The van der Waals surface area contributed by atoms with Crippen LogP contribution in [-0.2, 0) is 24.2 Å². The molecular formula is C31H35N7O3. The number of aromatic nitrogens is 3. The van der Waals surface area contributed by atoms with Crippen LogP contribution in [0.25, 0.3) is 0 Å². The Kier molecular flexibility index (Phi) is 8.11. The maximum atomic E-state index is 13.2. The number of fused-ring (bicyclic) bond motifs is 1. The van der Waals surface area contributed by atoms with E-state index in [1.54, 1.807) is 26.0 Å². The van der Waals surface area contributed by atoms with E-state index in [4.69, 9.17) is 5.73 Å². The lowest BCUT2D eigenvalue weighted by Crippen LogP contribution is -2.50. The molecule has 0 bridgehead atoms. The number of hydrogen-bond acceptors (Lipinski definition) is 7. The molecule has 212 valence electrons. The van der Waals surface area contributed by atoms with Crippen LogP contribution in [0.4, 0.5) is 11.4 Å². The summed E-state index contributed by atoms with van der Waals surface area (Å²) in [4.78, 5) is 24.0. The Morgan fingerprint density at radius 2 is 1.76 bits per heavy atom. The number of aryl methyl sites for hydroxylation is 2. The number of carbonyl (C=O) groups excluding carboxylic acids is 1. The zero-order valence-electron chi connectivity index (χ0n) is 23.3. The third-order valence-corrected chi connectivity index (χ3v) is 7.49. The van der Waals surface area contributed by atoms with Gasteiger partial charge in [-0.2, -0.15) is 0 Å². The zero-order chi connectivity index (χ0) is 29.0. The van der Waals surface area contributed by atoms with Gasteiger partial charge in [-0.3, -0.25) is 14.9 Å². The standard InChI is InChI=1S/C31H35N7O3/c1-31(2,32)30(39)34-27(18-23-19-33-26-11-7-6-10-25(23)26)29-36-35-28(17-14-21-8-4-3-5-9-21)37(29)20-22-12-15-24(16-13-22)38(40)41/h3-13,15-16,23,27,33H,14,17-20,32H2,1-2H3,(H,34,39)/t23?,27-/m1/s1. The maximum Gasteiger partial charge on any atom is 0.269 e. The molecule has 0 saturated carbocycles. The number of nitro groups is 1. The molecule has 0 spiro atoms. The van der Waals surface area contributed by atoms with Crippen molar-refractivity contribution in [1.29, 1.82) is 0 Å². The van der Waals surface area contributed by atoms with Crippen molar-refractivity contribution in [3.8, 4) is 0 Å². The van der Waals surface area contributed by atoms with Gasteiger partial charge in [-0.05, 0) is 49.4 Å². The molecule has 4 N–H and O–H groups in total. The average Bonchev–Trinajstić information content (AvgIpc) is 3.55. The van der Waals surface area contributed by atoms with Crippen LogP contribution in [-0.4, -0.2) is 37.7 Å². The Hall–Kier alpha value is -4.57. The van der Waals surface area contributed by atoms with Gasteiger partial charge in [0, 0.05) is 36.7 Å². The second-order valence-electron chi connectivity index (χ2n) is 11.1. The lowest BCUT2D eigenvalue weighted by atomic mass is 9.92. The molecule has 1 amide bonds. The third-order valence-electron chi connectivity index (χ3n) is 7.49. The Labute approximate surface area is 239 Å². The topological polar surface area (TPSA) is 141 Å². The van der Waals surface area contributed by atoms with Crippen LogP contribution in [0, 0.1) is 10.1 Å². The molecule has 0 aliphatic carbocycles. The molecule has 41 heavy (non-hydrogen) atoms. The van der Waals surface area contributed by atoms with Crippen molar-refractivity contribution in [2.45, 2.75) is 57.2 Å². The highest BCUT2D eigenvalue weighted by Crippen LogP contribution is 2.37. The number of amides is 1. The number of non-ortho nitro benzene ring substituents is 1. The number of benzene rings is 3. The number of nitrogens with zero attached hydrogens (tertiary/aromatic N) is 4. The van der Waals surface area contributed by atoms with Gasteiger partial charge >= 0.3 is 0 Å². The number of anilines is 1. The first kappa shape index (κ1) is 28.0. The fraction of sp³-hybridized carbons (Fsp3) is 0.323. The molecule has 10 nitrogen and oxygen atoms in total. The summed E-state index contributed by atoms with van der Waals surface area (Å²) in [5, 5.41) is 27.1. The van der Waals surface area contributed by atoms with Crippen molar-refractivity contribution >= 4 is 17.3 Å². The number of para-hydroxylation sites is 1. The third kappa shape index (κ3) is 6.60. The molecule has 1 aromatic heterocycles. The maximum absolute atomic E-state index is 13.2. The van der Waals surface area contributed by atoms with Crippen LogP contribution < -0.4 is 16.4 Å². The highest BCUT2D eigenvalue weighted by atomic mass is 16.6. The largest absolute Gasteiger partial charge is 0.384 e. The van der Waals surface area contributed by atoms with Crippen LogP contribution in [0.5, 0.6) is 0 Å². The normalized spacial score (nSPS) is 15.1. The number of nitrogens with one attached hydrogen (secondary N) is 2. The zero-order valence-corrected chi connectivity index (χ0v) is 23.3. The number of hydrogen-bond donors (Lipinski definition) is 3. The minimum atomic E-state index is -1.08. The summed E-state index contributed by atoms with van der Waals surface area (Å²) in [5.74, 6) is 1.28. The highest BCUT2D eigenvalue weighted by Gasteiger charge is 2.33. The molecule has 3 aromatic carbocycles. The van der Waals surface area contributed by atoms with Crippen molar-refractivity contribution in [3.63, 3.8) is 0 Å². The molecule has 5 rings (SSSR count). The smallest absolute Gasteiger partial charge is 0.269 e. The first-order chi connectivity index (χ1) is 19.7. The fourth-order valence-electron chi connectivity index (χ4n) is 5.20. The minimum absolute atomic E-state index is 0.0322. The number of carbonyl (C=O) groups is 1. The van der Waals surface area contributed by atoms with Crippen molar-refractivity contribution < 1.29 is 9.72 Å².